The van der Waals surface area contributed by atoms with Crippen LogP contribution < -0.4 is 0 Å². The quantitative estimate of drug-likeness (QED) is 0.378. The number of aromatic nitrogens is 2. The summed E-state index contributed by atoms with van der Waals surface area (Å²) in [6.45, 7) is 1.82. The van der Waals surface area contributed by atoms with E-state index >= 15 is 0 Å². The van der Waals surface area contributed by atoms with Crippen LogP contribution in [0, 0.1) is 6.92 Å². The average molecular weight is 366 g/mol. The maximum absolute atomic E-state index is 13.2. The van der Waals surface area contributed by atoms with Crippen molar-refractivity contribution in [2.75, 3.05) is 0 Å². The Morgan fingerprint density at radius 3 is 2.46 bits per heavy atom. The van der Waals surface area contributed by atoms with Crippen LogP contribution in [0.4, 0.5) is 0 Å². The molecule has 4 nitrogen and oxygen atoms in total. The van der Waals surface area contributed by atoms with E-state index in [9.17, 15) is 9.59 Å². The molecule has 0 unspecified atom stereocenters. The summed E-state index contributed by atoms with van der Waals surface area (Å²) in [6, 6.07) is 18.4. The van der Waals surface area contributed by atoms with E-state index in [1.165, 1.54) is 6.08 Å². The van der Waals surface area contributed by atoms with Gasteiger partial charge in [-0.25, -0.2) is 0 Å². The second-order valence-corrected chi connectivity index (χ2v) is 6.51. The van der Waals surface area contributed by atoms with Crippen LogP contribution in [0.5, 0.6) is 0 Å². The molecule has 0 spiro atoms. The van der Waals surface area contributed by atoms with Crippen LogP contribution in [-0.2, 0) is 0 Å². The fourth-order valence-electron chi connectivity index (χ4n) is 3.28. The molecule has 3 aromatic heterocycles. The number of hydrogen-bond acceptors (Lipinski definition) is 3. The predicted octanol–water partition coefficient (Wildman–Crippen LogP) is 4.77. The van der Waals surface area contributed by atoms with E-state index in [4.69, 9.17) is 0 Å². The molecule has 0 amide bonds. The maximum Gasteiger partial charge on any atom is 0.210 e. The molecule has 3 heterocycles. The van der Waals surface area contributed by atoms with E-state index in [0.717, 1.165) is 11.1 Å². The standard InChI is InChI=1S/C24H18N2O2/c1-17-21(22(27)10-9-18-11-13-25-14-12-18)16-20-8-5-15-26(20)23(17)24(28)19-6-3-2-4-7-19/h2-16H,1H3/b10-9+. The minimum absolute atomic E-state index is 0.105. The Labute approximate surface area is 162 Å². The van der Waals surface area contributed by atoms with Crippen molar-refractivity contribution in [1.29, 1.82) is 0 Å². The Morgan fingerprint density at radius 1 is 0.964 bits per heavy atom. The Morgan fingerprint density at radius 2 is 1.71 bits per heavy atom. The molecule has 0 fully saturated rings. The maximum atomic E-state index is 13.2. The minimum Gasteiger partial charge on any atom is -0.313 e. The van der Waals surface area contributed by atoms with Gasteiger partial charge in [-0.05, 0) is 54.5 Å². The zero-order chi connectivity index (χ0) is 19.5. The van der Waals surface area contributed by atoms with E-state index < -0.39 is 0 Å². The van der Waals surface area contributed by atoms with E-state index in [1.54, 1.807) is 30.6 Å². The first-order valence-electron chi connectivity index (χ1n) is 8.98. The van der Waals surface area contributed by atoms with Crippen molar-refractivity contribution in [2.45, 2.75) is 6.92 Å². The molecular weight excluding hydrogens is 348 g/mol. The van der Waals surface area contributed by atoms with Crippen molar-refractivity contribution >= 4 is 23.2 Å². The van der Waals surface area contributed by atoms with Gasteiger partial charge in [-0.2, -0.15) is 0 Å². The van der Waals surface area contributed by atoms with Crippen LogP contribution in [0.1, 0.15) is 37.5 Å². The van der Waals surface area contributed by atoms with E-state index in [2.05, 4.69) is 4.98 Å². The van der Waals surface area contributed by atoms with Crippen LogP contribution in [-0.4, -0.2) is 21.0 Å². The summed E-state index contributed by atoms with van der Waals surface area (Å²) in [5, 5.41) is 0. The molecule has 4 rings (SSSR count). The van der Waals surface area contributed by atoms with Crippen LogP contribution in [0.15, 0.2) is 85.3 Å². The topological polar surface area (TPSA) is 51.4 Å². The molecule has 1 aromatic carbocycles. The molecule has 0 aliphatic rings. The second kappa shape index (κ2) is 7.45. The van der Waals surface area contributed by atoms with E-state index in [1.807, 2.05) is 66.1 Å². The number of rotatable bonds is 5. The molecule has 4 heteroatoms. The van der Waals surface area contributed by atoms with Crippen molar-refractivity contribution in [3.05, 3.63) is 113 Å². The average Bonchev–Trinajstić information content (AvgIpc) is 3.20. The van der Waals surface area contributed by atoms with Crippen molar-refractivity contribution < 1.29 is 9.59 Å². The molecular formula is C24H18N2O2. The summed E-state index contributed by atoms with van der Waals surface area (Å²) in [5.74, 6) is -0.243. The van der Waals surface area contributed by atoms with Gasteiger partial charge in [0.15, 0.2) is 5.78 Å². The fourth-order valence-corrected chi connectivity index (χ4v) is 3.28. The lowest BCUT2D eigenvalue weighted by Crippen LogP contribution is -2.13. The lowest BCUT2D eigenvalue weighted by Gasteiger charge is -2.13. The van der Waals surface area contributed by atoms with Crippen molar-refractivity contribution in [2.24, 2.45) is 0 Å². The van der Waals surface area contributed by atoms with Crippen LogP contribution >= 0.6 is 0 Å². The summed E-state index contributed by atoms with van der Waals surface area (Å²) in [7, 11) is 0. The molecule has 0 atom stereocenters. The van der Waals surface area contributed by atoms with Crippen molar-refractivity contribution in [1.82, 2.24) is 9.38 Å². The summed E-state index contributed by atoms with van der Waals surface area (Å²) < 4.78 is 1.84. The number of fused-ring (bicyclic) bond motifs is 1. The fraction of sp³-hybridized carbons (Fsp3) is 0.0417. The second-order valence-electron chi connectivity index (χ2n) is 6.51. The van der Waals surface area contributed by atoms with Gasteiger partial charge in [0.05, 0.1) is 5.69 Å². The number of allylic oxidation sites excluding steroid dienone is 1. The largest absolute Gasteiger partial charge is 0.313 e. The van der Waals surface area contributed by atoms with E-state index in [0.29, 0.717) is 22.4 Å². The minimum atomic E-state index is -0.139. The Bertz CT molecular complexity index is 1190. The third-order valence-corrected chi connectivity index (χ3v) is 4.72. The number of nitrogens with zero attached hydrogens (tertiary/aromatic N) is 2. The van der Waals surface area contributed by atoms with Crippen LogP contribution in [0.3, 0.4) is 0 Å². The lowest BCUT2D eigenvalue weighted by atomic mass is 9.97. The molecule has 0 N–H and O–H groups in total. The number of carbonyl (C=O) groups is 2. The highest BCUT2D eigenvalue weighted by molar-refractivity contribution is 6.14. The first kappa shape index (κ1) is 17.6. The van der Waals surface area contributed by atoms with Gasteiger partial charge in [0, 0.05) is 35.2 Å². The zero-order valence-corrected chi connectivity index (χ0v) is 15.4. The van der Waals surface area contributed by atoms with Crippen molar-refractivity contribution in [3.63, 3.8) is 0 Å². The van der Waals surface area contributed by atoms with Crippen molar-refractivity contribution in [3.8, 4) is 0 Å². The first-order chi connectivity index (χ1) is 13.6. The summed E-state index contributed by atoms with van der Waals surface area (Å²) in [5.41, 5.74) is 4.00. The molecule has 0 radical (unpaired) electrons. The van der Waals surface area contributed by atoms with Gasteiger partial charge >= 0.3 is 0 Å². The number of carbonyl (C=O) groups excluding carboxylic acids is 2. The Hall–Kier alpha value is -3.79. The van der Waals surface area contributed by atoms with Gasteiger partial charge < -0.3 is 4.40 Å². The van der Waals surface area contributed by atoms with Crippen LogP contribution in [0.25, 0.3) is 11.6 Å². The van der Waals surface area contributed by atoms with Gasteiger partial charge in [0.1, 0.15) is 0 Å². The highest BCUT2D eigenvalue weighted by Gasteiger charge is 2.20. The number of hydrogen-bond donors (Lipinski definition) is 0. The third kappa shape index (κ3) is 3.28. The molecule has 0 aliphatic carbocycles. The smallest absolute Gasteiger partial charge is 0.210 e. The van der Waals surface area contributed by atoms with Crippen LogP contribution in [0.2, 0.25) is 0 Å². The predicted molar refractivity (Wildman–Crippen MR) is 110 cm³/mol. The zero-order valence-electron chi connectivity index (χ0n) is 15.4. The van der Waals surface area contributed by atoms with Gasteiger partial charge in [0.2, 0.25) is 5.78 Å². The molecule has 4 aromatic rings. The Kier molecular flexibility index (Phi) is 4.68. The van der Waals surface area contributed by atoms with Gasteiger partial charge in [0.25, 0.3) is 0 Å². The summed E-state index contributed by atoms with van der Waals surface area (Å²) in [6.07, 6.45) is 8.50. The normalized spacial score (nSPS) is 11.2. The highest BCUT2D eigenvalue weighted by atomic mass is 16.1. The number of ketones is 2. The Balaban J connectivity index is 1.80. The molecule has 0 aliphatic heterocycles. The summed E-state index contributed by atoms with van der Waals surface area (Å²) in [4.78, 5) is 30.0. The third-order valence-electron chi connectivity index (χ3n) is 4.72. The van der Waals surface area contributed by atoms with E-state index in [-0.39, 0.29) is 11.6 Å². The molecule has 0 saturated heterocycles. The van der Waals surface area contributed by atoms with Gasteiger partial charge in [-0.15, -0.1) is 0 Å². The molecule has 0 bridgehead atoms. The molecule has 136 valence electrons. The SMILES string of the molecule is Cc1c(C(=O)/C=C/c2ccncc2)cc2cccn2c1C(=O)c1ccccc1. The first-order valence-corrected chi connectivity index (χ1v) is 8.98. The molecule has 0 saturated carbocycles. The number of benzene rings is 1. The summed E-state index contributed by atoms with van der Waals surface area (Å²) >= 11 is 0. The monoisotopic (exact) mass is 366 g/mol. The number of pyridine rings is 2. The molecule has 28 heavy (non-hydrogen) atoms. The lowest BCUT2D eigenvalue weighted by molar-refractivity contribution is 0.103. The highest BCUT2D eigenvalue weighted by Crippen LogP contribution is 2.23. The van der Waals surface area contributed by atoms with Gasteiger partial charge in [-0.3, -0.25) is 14.6 Å². The van der Waals surface area contributed by atoms with Gasteiger partial charge in [-0.1, -0.05) is 36.4 Å².